The number of amides is 1. The number of carbonyl (C=O) groups is 1. The standard InChI is InChI=1S/C15H13BrN4O4S2/c1-8(2)26(23,24)15-19-14(25-20-15)18-13(22)10(7-17)5-9-3-4-12(21)11(16)6-9/h3-6,8,21H,1-2H3,(H,18,19,20,22). The number of hydrogen-bond donors (Lipinski definition) is 2. The van der Waals surface area contributed by atoms with E-state index in [0.29, 0.717) is 21.6 Å². The van der Waals surface area contributed by atoms with Crippen molar-refractivity contribution in [1.82, 2.24) is 9.36 Å². The molecule has 26 heavy (non-hydrogen) atoms. The summed E-state index contributed by atoms with van der Waals surface area (Å²) in [6, 6.07) is 6.25. The third-order valence-electron chi connectivity index (χ3n) is 3.15. The van der Waals surface area contributed by atoms with Crippen LogP contribution in [0.25, 0.3) is 6.08 Å². The summed E-state index contributed by atoms with van der Waals surface area (Å²) in [6.45, 7) is 3.00. The number of sulfone groups is 1. The van der Waals surface area contributed by atoms with Crippen LogP contribution in [0.5, 0.6) is 5.75 Å². The fraction of sp³-hybridized carbons (Fsp3) is 0.200. The van der Waals surface area contributed by atoms with E-state index in [9.17, 15) is 23.6 Å². The van der Waals surface area contributed by atoms with Crippen LogP contribution < -0.4 is 5.32 Å². The number of hydrogen-bond acceptors (Lipinski definition) is 8. The zero-order valence-electron chi connectivity index (χ0n) is 13.6. The molecule has 0 unspecified atom stereocenters. The predicted molar refractivity (Wildman–Crippen MR) is 100 cm³/mol. The Labute approximate surface area is 162 Å². The van der Waals surface area contributed by atoms with E-state index in [1.807, 2.05) is 0 Å². The quantitative estimate of drug-likeness (QED) is 0.521. The number of phenols is 1. The maximum atomic E-state index is 12.2. The second-order valence-corrected chi connectivity index (χ2v) is 9.31. The molecule has 0 aliphatic rings. The van der Waals surface area contributed by atoms with E-state index < -0.39 is 21.0 Å². The number of phenolic OH excluding ortho intramolecular Hbond substituents is 1. The molecule has 0 radical (unpaired) electrons. The lowest BCUT2D eigenvalue weighted by molar-refractivity contribution is -0.112. The van der Waals surface area contributed by atoms with Crippen LogP contribution in [0, 0.1) is 11.3 Å². The molecule has 8 nitrogen and oxygen atoms in total. The van der Waals surface area contributed by atoms with Gasteiger partial charge in [0.1, 0.15) is 17.4 Å². The first kappa shape index (κ1) is 20.0. The third-order valence-corrected chi connectivity index (χ3v) is 6.46. The fourth-order valence-corrected chi connectivity index (χ4v) is 3.77. The molecule has 0 aliphatic carbocycles. The number of nitrogens with zero attached hydrogens (tertiary/aromatic N) is 3. The van der Waals surface area contributed by atoms with Gasteiger partial charge in [-0.25, -0.2) is 8.42 Å². The van der Waals surface area contributed by atoms with Crippen molar-refractivity contribution in [2.45, 2.75) is 24.3 Å². The third kappa shape index (κ3) is 4.46. The van der Waals surface area contributed by atoms with Gasteiger partial charge in [-0.2, -0.15) is 14.6 Å². The Morgan fingerprint density at radius 1 is 1.46 bits per heavy atom. The highest BCUT2D eigenvalue weighted by Crippen LogP contribution is 2.25. The average Bonchev–Trinajstić information content (AvgIpc) is 3.04. The van der Waals surface area contributed by atoms with Gasteiger partial charge in [-0.15, -0.1) is 0 Å². The van der Waals surface area contributed by atoms with Gasteiger partial charge in [0.15, 0.2) is 0 Å². The number of carbonyl (C=O) groups excluding carboxylic acids is 1. The van der Waals surface area contributed by atoms with Crippen molar-refractivity contribution < 1.29 is 18.3 Å². The predicted octanol–water partition coefficient (Wildman–Crippen LogP) is 2.73. The molecule has 0 spiro atoms. The second kappa shape index (κ2) is 7.94. The van der Waals surface area contributed by atoms with Gasteiger partial charge in [0.2, 0.25) is 15.0 Å². The Bertz CT molecular complexity index is 1020. The van der Waals surface area contributed by atoms with Gasteiger partial charge in [0, 0.05) is 11.5 Å². The highest BCUT2D eigenvalue weighted by Gasteiger charge is 2.25. The van der Waals surface area contributed by atoms with E-state index in [4.69, 9.17) is 0 Å². The van der Waals surface area contributed by atoms with Crippen LogP contribution in [0.4, 0.5) is 5.13 Å². The molecule has 2 aromatic rings. The van der Waals surface area contributed by atoms with Crippen molar-refractivity contribution in [1.29, 1.82) is 5.26 Å². The van der Waals surface area contributed by atoms with Gasteiger partial charge >= 0.3 is 0 Å². The lowest BCUT2D eigenvalue weighted by atomic mass is 10.1. The van der Waals surface area contributed by atoms with Gasteiger partial charge in [0.05, 0.1) is 9.72 Å². The van der Waals surface area contributed by atoms with E-state index in [2.05, 4.69) is 30.6 Å². The minimum atomic E-state index is -3.65. The molecule has 0 saturated heterocycles. The average molecular weight is 457 g/mol. The number of anilines is 1. The smallest absolute Gasteiger partial charge is 0.268 e. The topological polar surface area (TPSA) is 133 Å². The minimum Gasteiger partial charge on any atom is -0.507 e. The molecule has 11 heteroatoms. The molecule has 2 N–H and O–H groups in total. The number of halogens is 1. The maximum absolute atomic E-state index is 12.2. The highest BCUT2D eigenvalue weighted by atomic mass is 79.9. The van der Waals surface area contributed by atoms with E-state index in [1.165, 1.54) is 38.1 Å². The molecule has 1 amide bonds. The second-order valence-electron chi connectivity index (χ2n) is 5.31. The van der Waals surface area contributed by atoms with Crippen LogP contribution in [0.3, 0.4) is 0 Å². The van der Waals surface area contributed by atoms with E-state index in [0.717, 1.165) is 0 Å². The Morgan fingerprint density at radius 2 is 2.15 bits per heavy atom. The van der Waals surface area contributed by atoms with Gasteiger partial charge in [-0.3, -0.25) is 10.1 Å². The number of aromatic nitrogens is 2. The van der Waals surface area contributed by atoms with Crippen molar-refractivity contribution in [3.05, 3.63) is 33.8 Å². The first-order valence-electron chi connectivity index (χ1n) is 7.14. The van der Waals surface area contributed by atoms with E-state index in [-0.39, 0.29) is 21.6 Å². The summed E-state index contributed by atoms with van der Waals surface area (Å²) in [5.74, 6) is -0.723. The largest absolute Gasteiger partial charge is 0.507 e. The van der Waals surface area contributed by atoms with Gasteiger partial charge in [-0.1, -0.05) is 6.07 Å². The van der Waals surface area contributed by atoms with Crippen molar-refractivity contribution in [2.24, 2.45) is 0 Å². The molecule has 1 aromatic carbocycles. The number of benzene rings is 1. The summed E-state index contributed by atoms with van der Waals surface area (Å²) in [5.41, 5.74) is 0.299. The molecule has 0 bridgehead atoms. The molecule has 136 valence electrons. The van der Waals surface area contributed by atoms with Crippen molar-refractivity contribution in [2.75, 3.05) is 5.32 Å². The summed E-state index contributed by atoms with van der Waals surface area (Å²) < 4.78 is 28.2. The molecule has 0 saturated carbocycles. The van der Waals surface area contributed by atoms with Crippen LogP contribution in [0.1, 0.15) is 19.4 Å². The molecular formula is C15H13BrN4O4S2. The Balaban J connectivity index is 2.23. The number of nitriles is 1. The Hall–Kier alpha value is -2.29. The summed E-state index contributed by atoms with van der Waals surface area (Å²) in [4.78, 5) is 16.0. The summed E-state index contributed by atoms with van der Waals surface area (Å²) in [7, 11) is -3.65. The lowest BCUT2D eigenvalue weighted by Gasteiger charge is -2.02. The van der Waals surface area contributed by atoms with Crippen molar-refractivity contribution in [3.63, 3.8) is 0 Å². The Morgan fingerprint density at radius 3 is 2.73 bits per heavy atom. The lowest BCUT2D eigenvalue weighted by Crippen LogP contribution is -2.16. The molecule has 1 aromatic heterocycles. The number of rotatable bonds is 5. The van der Waals surface area contributed by atoms with Gasteiger partial charge in [-0.05, 0) is 53.5 Å². The summed E-state index contributed by atoms with van der Waals surface area (Å²) in [5, 5.41) is 19.9. The highest BCUT2D eigenvalue weighted by molar-refractivity contribution is 9.10. The Kier molecular flexibility index (Phi) is 6.12. The summed E-state index contributed by atoms with van der Waals surface area (Å²) >= 11 is 3.86. The molecule has 2 rings (SSSR count). The van der Waals surface area contributed by atoms with Crippen LogP contribution in [0.2, 0.25) is 0 Å². The van der Waals surface area contributed by atoms with Crippen LogP contribution in [-0.4, -0.2) is 34.0 Å². The van der Waals surface area contributed by atoms with E-state index >= 15 is 0 Å². The normalized spacial score (nSPS) is 12.0. The summed E-state index contributed by atoms with van der Waals surface area (Å²) in [6.07, 6.45) is 1.33. The number of aromatic hydroxyl groups is 1. The van der Waals surface area contributed by atoms with Crippen LogP contribution in [-0.2, 0) is 14.6 Å². The minimum absolute atomic E-state index is 0.0257. The monoisotopic (exact) mass is 456 g/mol. The van der Waals surface area contributed by atoms with Crippen molar-refractivity contribution in [3.8, 4) is 11.8 Å². The molecule has 0 fully saturated rings. The molecule has 0 aliphatic heterocycles. The van der Waals surface area contributed by atoms with Gasteiger partial charge in [0.25, 0.3) is 11.1 Å². The molecular weight excluding hydrogens is 444 g/mol. The SMILES string of the molecule is CC(C)S(=O)(=O)c1nsc(NC(=O)C(C#N)=Cc2ccc(O)c(Br)c2)n1. The van der Waals surface area contributed by atoms with Crippen molar-refractivity contribution >= 4 is 54.4 Å². The van der Waals surface area contributed by atoms with E-state index in [1.54, 1.807) is 6.07 Å². The zero-order chi connectivity index (χ0) is 19.5. The fourth-order valence-electron chi connectivity index (χ4n) is 1.68. The first-order valence-corrected chi connectivity index (χ1v) is 10.3. The number of nitrogens with one attached hydrogen (secondary N) is 1. The molecule has 0 atom stereocenters. The maximum Gasteiger partial charge on any atom is 0.268 e. The van der Waals surface area contributed by atoms with Crippen LogP contribution >= 0.6 is 27.5 Å². The first-order chi connectivity index (χ1) is 12.1. The zero-order valence-corrected chi connectivity index (χ0v) is 16.8. The van der Waals surface area contributed by atoms with Gasteiger partial charge < -0.3 is 5.11 Å². The van der Waals surface area contributed by atoms with Crippen LogP contribution in [0.15, 0.2) is 33.4 Å². The molecule has 1 heterocycles.